The largest absolute Gasteiger partial charge is 0.349 e. The van der Waals surface area contributed by atoms with Gasteiger partial charge in [0.1, 0.15) is 0 Å². The molecule has 3 nitrogen and oxygen atoms in total. The van der Waals surface area contributed by atoms with Crippen molar-refractivity contribution in [1.29, 1.82) is 0 Å². The first kappa shape index (κ1) is 11.7. The van der Waals surface area contributed by atoms with Gasteiger partial charge in [-0.1, -0.05) is 0 Å². The molecule has 1 unspecified atom stereocenters. The van der Waals surface area contributed by atoms with Crippen molar-refractivity contribution in [2.75, 3.05) is 27.2 Å². The Kier molecular flexibility index (Phi) is 5.25. The van der Waals surface area contributed by atoms with E-state index in [1.807, 2.05) is 14.1 Å². The Morgan fingerprint density at radius 2 is 2.17 bits per heavy atom. The van der Waals surface area contributed by atoms with Crippen LogP contribution in [0.1, 0.15) is 12.8 Å². The molecule has 0 bridgehead atoms. The van der Waals surface area contributed by atoms with Crippen molar-refractivity contribution in [2.24, 2.45) is 5.92 Å². The molecule has 0 saturated carbocycles. The Morgan fingerprint density at radius 1 is 1.50 bits per heavy atom. The van der Waals surface area contributed by atoms with E-state index in [4.69, 9.17) is 0 Å². The molecule has 1 fully saturated rings. The van der Waals surface area contributed by atoms with E-state index in [0.29, 0.717) is 0 Å². The van der Waals surface area contributed by atoms with Crippen molar-refractivity contribution in [2.45, 2.75) is 12.8 Å². The first-order valence-electron chi connectivity index (χ1n) is 4.13. The van der Waals surface area contributed by atoms with Crippen molar-refractivity contribution in [1.82, 2.24) is 10.2 Å². The van der Waals surface area contributed by atoms with E-state index >= 15 is 0 Å². The lowest BCUT2D eigenvalue weighted by Gasteiger charge is -2.24. The van der Waals surface area contributed by atoms with Crippen molar-refractivity contribution >= 4 is 18.3 Å². The van der Waals surface area contributed by atoms with E-state index in [9.17, 15) is 4.79 Å². The van der Waals surface area contributed by atoms with Crippen molar-refractivity contribution in [3.8, 4) is 0 Å². The fourth-order valence-electron chi connectivity index (χ4n) is 1.43. The molecule has 0 spiro atoms. The quantitative estimate of drug-likeness (QED) is 0.656. The summed E-state index contributed by atoms with van der Waals surface area (Å²) >= 11 is 0. The molecule has 0 aromatic carbocycles. The van der Waals surface area contributed by atoms with Crippen LogP contribution in [0.15, 0.2) is 0 Å². The zero-order chi connectivity index (χ0) is 8.27. The van der Waals surface area contributed by atoms with Crippen molar-refractivity contribution < 1.29 is 4.79 Å². The van der Waals surface area contributed by atoms with Crippen LogP contribution in [-0.4, -0.2) is 38.0 Å². The van der Waals surface area contributed by atoms with E-state index in [1.54, 1.807) is 4.90 Å². The average molecular weight is 193 g/mol. The average Bonchev–Trinajstić information content (AvgIpc) is 2.05. The van der Waals surface area contributed by atoms with E-state index in [-0.39, 0.29) is 24.2 Å². The molecule has 0 radical (unpaired) electrons. The highest BCUT2D eigenvalue weighted by molar-refractivity contribution is 5.85. The number of amides is 1. The maximum atomic E-state index is 11.4. The molecule has 12 heavy (non-hydrogen) atoms. The molecule has 1 amide bonds. The number of hydrogen-bond acceptors (Lipinski definition) is 2. The molecule has 1 rings (SSSR count). The SMILES string of the molecule is CN(C)C(=O)C1CCCNC1.Cl. The molecule has 0 aromatic rings. The topological polar surface area (TPSA) is 32.3 Å². The van der Waals surface area contributed by atoms with E-state index in [0.717, 1.165) is 25.9 Å². The summed E-state index contributed by atoms with van der Waals surface area (Å²) in [5.41, 5.74) is 0. The normalized spacial score (nSPS) is 22.7. The second-order valence-electron chi connectivity index (χ2n) is 3.28. The van der Waals surface area contributed by atoms with E-state index in [2.05, 4.69) is 5.32 Å². The molecular formula is C8H17ClN2O. The van der Waals surface area contributed by atoms with Gasteiger partial charge in [0.15, 0.2) is 0 Å². The van der Waals surface area contributed by atoms with Gasteiger partial charge in [-0.05, 0) is 19.4 Å². The third kappa shape index (κ3) is 2.99. The van der Waals surface area contributed by atoms with Gasteiger partial charge in [-0.15, -0.1) is 12.4 Å². The highest BCUT2D eigenvalue weighted by atomic mass is 35.5. The summed E-state index contributed by atoms with van der Waals surface area (Å²) in [6.07, 6.45) is 2.17. The summed E-state index contributed by atoms with van der Waals surface area (Å²) in [5.74, 6) is 0.482. The van der Waals surface area contributed by atoms with Crippen LogP contribution in [0.3, 0.4) is 0 Å². The molecule has 1 heterocycles. The van der Waals surface area contributed by atoms with Crippen LogP contribution in [-0.2, 0) is 4.79 Å². The first-order chi connectivity index (χ1) is 5.22. The van der Waals surface area contributed by atoms with Gasteiger partial charge in [-0.3, -0.25) is 4.79 Å². The lowest BCUT2D eigenvalue weighted by molar-refractivity contribution is -0.133. The minimum absolute atomic E-state index is 0. The molecule has 1 atom stereocenters. The predicted molar refractivity (Wildman–Crippen MR) is 51.5 cm³/mol. The number of rotatable bonds is 1. The number of hydrogen-bond donors (Lipinski definition) is 1. The van der Waals surface area contributed by atoms with Gasteiger partial charge in [0.05, 0.1) is 5.92 Å². The second-order valence-corrected chi connectivity index (χ2v) is 3.28. The zero-order valence-corrected chi connectivity index (χ0v) is 8.49. The highest BCUT2D eigenvalue weighted by Gasteiger charge is 2.21. The highest BCUT2D eigenvalue weighted by Crippen LogP contribution is 2.11. The Balaban J connectivity index is 0.00000121. The van der Waals surface area contributed by atoms with Crippen LogP contribution in [0.4, 0.5) is 0 Å². The molecule has 1 saturated heterocycles. The first-order valence-corrected chi connectivity index (χ1v) is 4.13. The number of carbonyl (C=O) groups is 1. The van der Waals surface area contributed by atoms with E-state index in [1.165, 1.54) is 0 Å². The number of carbonyl (C=O) groups excluding carboxylic acids is 1. The number of piperidine rings is 1. The fourth-order valence-corrected chi connectivity index (χ4v) is 1.43. The molecule has 4 heteroatoms. The van der Waals surface area contributed by atoms with Gasteiger partial charge >= 0.3 is 0 Å². The molecule has 1 aliphatic rings. The van der Waals surface area contributed by atoms with E-state index < -0.39 is 0 Å². The minimum atomic E-state index is 0. The Hall–Kier alpha value is -0.280. The lowest BCUT2D eigenvalue weighted by atomic mass is 9.98. The van der Waals surface area contributed by atoms with Crippen LogP contribution in [0, 0.1) is 5.92 Å². The van der Waals surface area contributed by atoms with Gasteiger partial charge < -0.3 is 10.2 Å². The molecule has 72 valence electrons. The van der Waals surface area contributed by atoms with Crippen LogP contribution in [0.25, 0.3) is 0 Å². The van der Waals surface area contributed by atoms with Gasteiger partial charge in [-0.25, -0.2) is 0 Å². The van der Waals surface area contributed by atoms with Crippen molar-refractivity contribution in [3.05, 3.63) is 0 Å². The van der Waals surface area contributed by atoms with Gasteiger partial charge in [-0.2, -0.15) is 0 Å². The van der Waals surface area contributed by atoms with Crippen LogP contribution in [0.5, 0.6) is 0 Å². The molecule has 1 N–H and O–H groups in total. The predicted octanol–water partition coefficient (Wildman–Crippen LogP) is 0.496. The molecule has 1 aliphatic heterocycles. The number of nitrogens with one attached hydrogen (secondary N) is 1. The molecule has 0 aliphatic carbocycles. The van der Waals surface area contributed by atoms with Crippen LogP contribution in [0.2, 0.25) is 0 Å². The van der Waals surface area contributed by atoms with Crippen LogP contribution < -0.4 is 5.32 Å². The Morgan fingerprint density at radius 3 is 2.58 bits per heavy atom. The third-order valence-electron chi connectivity index (χ3n) is 2.09. The summed E-state index contributed by atoms with van der Waals surface area (Å²) < 4.78 is 0. The van der Waals surface area contributed by atoms with Crippen LogP contribution >= 0.6 is 12.4 Å². The monoisotopic (exact) mass is 192 g/mol. The molecular weight excluding hydrogens is 176 g/mol. The number of halogens is 1. The minimum Gasteiger partial charge on any atom is -0.349 e. The zero-order valence-electron chi connectivity index (χ0n) is 7.67. The summed E-state index contributed by atoms with van der Waals surface area (Å²) in [7, 11) is 3.63. The van der Waals surface area contributed by atoms with Gasteiger partial charge in [0, 0.05) is 20.6 Å². The Labute approximate surface area is 79.9 Å². The summed E-state index contributed by atoms with van der Waals surface area (Å²) in [6, 6.07) is 0. The standard InChI is InChI=1S/C8H16N2O.ClH/c1-10(2)8(11)7-4-3-5-9-6-7;/h7,9H,3-6H2,1-2H3;1H. The van der Waals surface area contributed by atoms with Gasteiger partial charge in [0.2, 0.25) is 5.91 Å². The maximum absolute atomic E-state index is 11.4. The van der Waals surface area contributed by atoms with Gasteiger partial charge in [0.25, 0.3) is 0 Å². The smallest absolute Gasteiger partial charge is 0.226 e. The summed E-state index contributed by atoms with van der Waals surface area (Å²) in [4.78, 5) is 13.1. The lowest BCUT2D eigenvalue weighted by Crippen LogP contribution is -2.39. The molecule has 0 aromatic heterocycles. The summed E-state index contributed by atoms with van der Waals surface area (Å²) in [5, 5.41) is 3.22. The second kappa shape index (κ2) is 5.38. The number of nitrogens with zero attached hydrogens (tertiary/aromatic N) is 1. The Bertz CT molecular complexity index is 144. The van der Waals surface area contributed by atoms with Crippen molar-refractivity contribution in [3.63, 3.8) is 0 Å². The maximum Gasteiger partial charge on any atom is 0.226 e. The fraction of sp³-hybridized carbons (Fsp3) is 0.875. The third-order valence-corrected chi connectivity index (χ3v) is 2.09. The summed E-state index contributed by atoms with van der Waals surface area (Å²) in [6.45, 7) is 1.92.